The minimum absolute atomic E-state index is 0.137. The molecule has 2 aromatic rings. The molecule has 0 fully saturated rings. The van der Waals surface area contributed by atoms with E-state index in [1.807, 2.05) is 19.9 Å². The second-order valence-corrected chi connectivity index (χ2v) is 4.60. The molecule has 0 spiro atoms. The van der Waals surface area contributed by atoms with Gasteiger partial charge >= 0.3 is 0 Å². The van der Waals surface area contributed by atoms with E-state index in [1.54, 1.807) is 30.5 Å². The van der Waals surface area contributed by atoms with Gasteiger partial charge in [-0.3, -0.25) is 4.98 Å². The molecular weight excluding hydrogens is 237 g/mol. The van der Waals surface area contributed by atoms with Crippen molar-refractivity contribution >= 4 is 11.6 Å². The first-order valence-electron chi connectivity index (χ1n) is 5.50. The maximum Gasteiger partial charge on any atom is 0.136 e. The van der Waals surface area contributed by atoms with Gasteiger partial charge in [0.05, 0.1) is 10.7 Å². The van der Waals surface area contributed by atoms with Crippen molar-refractivity contribution in [2.24, 2.45) is 0 Å². The van der Waals surface area contributed by atoms with Crippen LogP contribution in [-0.4, -0.2) is 4.98 Å². The summed E-state index contributed by atoms with van der Waals surface area (Å²) in [5.41, 5.74) is 1.64. The Kier molecular flexibility index (Phi) is 3.43. The highest BCUT2D eigenvalue weighted by molar-refractivity contribution is 6.33. The van der Waals surface area contributed by atoms with E-state index >= 15 is 0 Å². The number of nitrogens with zero attached hydrogens (tertiary/aromatic N) is 1. The van der Waals surface area contributed by atoms with Crippen LogP contribution in [0.4, 0.5) is 4.39 Å². The van der Waals surface area contributed by atoms with E-state index in [-0.39, 0.29) is 11.7 Å². The maximum absolute atomic E-state index is 14.3. The van der Waals surface area contributed by atoms with Crippen LogP contribution in [0, 0.1) is 5.82 Å². The summed E-state index contributed by atoms with van der Waals surface area (Å²) in [6, 6.07) is 8.77. The topological polar surface area (TPSA) is 12.9 Å². The molecule has 1 aromatic heterocycles. The van der Waals surface area contributed by atoms with Crippen LogP contribution < -0.4 is 0 Å². The van der Waals surface area contributed by atoms with Crippen LogP contribution in [-0.2, 0) is 0 Å². The van der Waals surface area contributed by atoms with Crippen molar-refractivity contribution in [1.29, 1.82) is 0 Å². The molecule has 17 heavy (non-hydrogen) atoms. The van der Waals surface area contributed by atoms with Gasteiger partial charge in [-0.25, -0.2) is 4.39 Å². The average Bonchev–Trinajstić information content (AvgIpc) is 2.30. The van der Waals surface area contributed by atoms with Crippen molar-refractivity contribution in [3.05, 3.63) is 52.9 Å². The molecule has 1 aromatic carbocycles. The van der Waals surface area contributed by atoms with Crippen molar-refractivity contribution in [3.8, 4) is 11.3 Å². The number of hydrogen-bond donors (Lipinski definition) is 0. The van der Waals surface area contributed by atoms with Gasteiger partial charge in [-0.05, 0) is 29.7 Å². The van der Waals surface area contributed by atoms with E-state index in [0.717, 1.165) is 0 Å². The standard InChI is InChI=1S/C14H13ClFN/c1-9(2)10-5-3-6-11(13(10)16)14-12(15)7-4-8-17-14/h3-9H,1-2H3. The van der Waals surface area contributed by atoms with Crippen molar-refractivity contribution < 1.29 is 4.39 Å². The average molecular weight is 250 g/mol. The Bertz CT molecular complexity index is 537. The first kappa shape index (κ1) is 12.1. The lowest BCUT2D eigenvalue weighted by Crippen LogP contribution is -1.97. The Balaban J connectivity index is 2.61. The Labute approximate surface area is 105 Å². The summed E-state index contributed by atoms with van der Waals surface area (Å²) in [5.74, 6) is -0.0967. The Morgan fingerprint density at radius 1 is 1.18 bits per heavy atom. The summed E-state index contributed by atoms with van der Waals surface area (Å²) < 4.78 is 14.3. The molecule has 0 saturated carbocycles. The predicted molar refractivity (Wildman–Crippen MR) is 68.7 cm³/mol. The number of aromatic nitrogens is 1. The Morgan fingerprint density at radius 2 is 1.94 bits per heavy atom. The highest BCUT2D eigenvalue weighted by Gasteiger charge is 2.14. The van der Waals surface area contributed by atoms with E-state index in [2.05, 4.69) is 4.98 Å². The van der Waals surface area contributed by atoms with Gasteiger partial charge in [0.15, 0.2) is 0 Å². The van der Waals surface area contributed by atoms with Crippen LogP contribution in [0.3, 0.4) is 0 Å². The zero-order valence-electron chi connectivity index (χ0n) is 9.74. The maximum atomic E-state index is 14.3. The number of benzene rings is 1. The van der Waals surface area contributed by atoms with Crippen LogP contribution in [0.1, 0.15) is 25.3 Å². The highest BCUT2D eigenvalue weighted by Crippen LogP contribution is 2.31. The lowest BCUT2D eigenvalue weighted by molar-refractivity contribution is 0.601. The van der Waals surface area contributed by atoms with E-state index in [0.29, 0.717) is 21.8 Å². The quantitative estimate of drug-likeness (QED) is 0.754. The third kappa shape index (κ3) is 2.32. The molecule has 2 rings (SSSR count). The molecule has 1 nitrogen and oxygen atoms in total. The fourth-order valence-corrected chi connectivity index (χ4v) is 1.99. The van der Waals surface area contributed by atoms with Gasteiger partial charge in [0.1, 0.15) is 5.82 Å². The molecule has 0 aliphatic heterocycles. The summed E-state index contributed by atoms with van der Waals surface area (Å²) in [6.45, 7) is 3.92. The van der Waals surface area contributed by atoms with Crippen LogP contribution in [0.2, 0.25) is 5.02 Å². The minimum Gasteiger partial charge on any atom is -0.255 e. The molecule has 0 saturated heterocycles. The molecule has 0 aliphatic rings. The van der Waals surface area contributed by atoms with Gasteiger partial charge in [0.25, 0.3) is 0 Å². The molecule has 88 valence electrons. The molecule has 0 bridgehead atoms. The largest absolute Gasteiger partial charge is 0.255 e. The van der Waals surface area contributed by atoms with Crippen molar-refractivity contribution in [2.45, 2.75) is 19.8 Å². The summed E-state index contributed by atoms with van der Waals surface area (Å²) in [7, 11) is 0. The lowest BCUT2D eigenvalue weighted by atomic mass is 9.98. The lowest BCUT2D eigenvalue weighted by Gasteiger charge is -2.11. The van der Waals surface area contributed by atoms with Crippen LogP contribution >= 0.6 is 11.6 Å². The Morgan fingerprint density at radius 3 is 2.59 bits per heavy atom. The fraction of sp³-hybridized carbons (Fsp3) is 0.214. The summed E-state index contributed by atoms with van der Waals surface area (Å²) >= 11 is 6.03. The summed E-state index contributed by atoms with van der Waals surface area (Å²) in [5, 5.41) is 0.465. The number of halogens is 2. The van der Waals surface area contributed by atoms with Gasteiger partial charge in [0.2, 0.25) is 0 Å². The van der Waals surface area contributed by atoms with E-state index in [4.69, 9.17) is 11.6 Å². The van der Waals surface area contributed by atoms with Crippen molar-refractivity contribution in [1.82, 2.24) is 4.98 Å². The first-order valence-corrected chi connectivity index (χ1v) is 5.88. The summed E-state index contributed by atoms with van der Waals surface area (Å²) in [4.78, 5) is 4.14. The Hall–Kier alpha value is -1.41. The molecule has 0 N–H and O–H groups in total. The van der Waals surface area contributed by atoms with Crippen LogP contribution in [0.25, 0.3) is 11.3 Å². The molecule has 0 radical (unpaired) electrons. The molecular formula is C14H13ClFN. The number of rotatable bonds is 2. The first-order chi connectivity index (χ1) is 8.11. The van der Waals surface area contributed by atoms with Gasteiger partial charge < -0.3 is 0 Å². The van der Waals surface area contributed by atoms with Gasteiger partial charge in [0, 0.05) is 11.8 Å². The van der Waals surface area contributed by atoms with Gasteiger partial charge in [-0.1, -0.05) is 37.6 Å². The minimum atomic E-state index is -0.233. The number of pyridine rings is 1. The van der Waals surface area contributed by atoms with Gasteiger partial charge in [-0.15, -0.1) is 0 Å². The smallest absolute Gasteiger partial charge is 0.136 e. The second-order valence-electron chi connectivity index (χ2n) is 4.20. The fourth-order valence-electron chi connectivity index (χ4n) is 1.76. The third-order valence-electron chi connectivity index (χ3n) is 2.66. The SMILES string of the molecule is CC(C)c1cccc(-c2ncccc2Cl)c1F. The zero-order valence-corrected chi connectivity index (χ0v) is 10.5. The summed E-state index contributed by atoms with van der Waals surface area (Å²) in [6.07, 6.45) is 1.61. The molecule has 1 heterocycles. The normalized spacial score (nSPS) is 10.9. The third-order valence-corrected chi connectivity index (χ3v) is 2.97. The molecule has 0 unspecified atom stereocenters. The number of hydrogen-bond acceptors (Lipinski definition) is 1. The monoisotopic (exact) mass is 249 g/mol. The molecule has 0 atom stereocenters. The highest BCUT2D eigenvalue weighted by atomic mass is 35.5. The zero-order chi connectivity index (χ0) is 12.4. The van der Waals surface area contributed by atoms with E-state index in [9.17, 15) is 4.39 Å². The predicted octanol–water partition coefficient (Wildman–Crippen LogP) is 4.66. The van der Waals surface area contributed by atoms with E-state index < -0.39 is 0 Å². The van der Waals surface area contributed by atoms with Crippen LogP contribution in [0.5, 0.6) is 0 Å². The van der Waals surface area contributed by atoms with Crippen LogP contribution in [0.15, 0.2) is 36.5 Å². The van der Waals surface area contributed by atoms with Crippen molar-refractivity contribution in [2.75, 3.05) is 0 Å². The second kappa shape index (κ2) is 4.84. The molecule has 3 heteroatoms. The van der Waals surface area contributed by atoms with E-state index in [1.165, 1.54) is 0 Å². The molecule has 0 aliphatic carbocycles. The molecule has 0 amide bonds. The van der Waals surface area contributed by atoms with Gasteiger partial charge in [-0.2, -0.15) is 0 Å². The van der Waals surface area contributed by atoms with Crippen molar-refractivity contribution in [3.63, 3.8) is 0 Å².